The molecule has 1 fully saturated rings. The molecule has 154 valence electrons. The third-order valence-corrected chi connectivity index (χ3v) is 7.93. The van der Waals surface area contributed by atoms with E-state index in [1.54, 1.807) is 20.0 Å². The number of nitrogens with zero attached hydrogens (tertiary/aromatic N) is 3. The SMILES string of the molecule is CC(C)S(=O)(=O)c1ncc(CN(C)C2CCCCC2)n1CCc1ccccc1. The third-order valence-electron chi connectivity index (χ3n) is 5.85. The van der Waals surface area contributed by atoms with Crippen LogP contribution in [-0.4, -0.2) is 41.2 Å². The van der Waals surface area contributed by atoms with E-state index in [-0.39, 0.29) is 5.16 Å². The number of hydrogen-bond donors (Lipinski definition) is 0. The van der Waals surface area contributed by atoms with Crippen LogP contribution in [0.2, 0.25) is 0 Å². The van der Waals surface area contributed by atoms with Crippen molar-refractivity contribution in [1.82, 2.24) is 14.5 Å². The average Bonchev–Trinajstić information content (AvgIpc) is 3.11. The molecule has 6 heteroatoms. The number of benzene rings is 1. The zero-order valence-corrected chi connectivity index (χ0v) is 18.2. The Morgan fingerprint density at radius 2 is 1.82 bits per heavy atom. The van der Waals surface area contributed by atoms with Gasteiger partial charge in [0.2, 0.25) is 15.0 Å². The lowest BCUT2D eigenvalue weighted by molar-refractivity contribution is 0.180. The first kappa shape index (κ1) is 21.1. The third kappa shape index (κ3) is 4.84. The molecular weight excluding hydrogens is 370 g/mol. The highest BCUT2D eigenvalue weighted by Crippen LogP contribution is 2.24. The lowest BCUT2D eigenvalue weighted by atomic mass is 9.94. The van der Waals surface area contributed by atoms with Crippen LogP contribution in [0.15, 0.2) is 41.7 Å². The molecular formula is C22H33N3O2S. The molecule has 0 amide bonds. The monoisotopic (exact) mass is 403 g/mol. The number of imidazole rings is 1. The van der Waals surface area contributed by atoms with E-state index in [4.69, 9.17) is 0 Å². The molecule has 1 aromatic heterocycles. The summed E-state index contributed by atoms with van der Waals surface area (Å²) < 4.78 is 27.7. The van der Waals surface area contributed by atoms with E-state index in [0.717, 1.165) is 18.7 Å². The van der Waals surface area contributed by atoms with Crippen molar-refractivity contribution in [3.8, 4) is 0 Å². The summed E-state index contributed by atoms with van der Waals surface area (Å²) in [6.45, 7) is 4.80. The Morgan fingerprint density at radius 1 is 1.14 bits per heavy atom. The lowest BCUT2D eigenvalue weighted by Gasteiger charge is -2.31. The maximum atomic E-state index is 12.9. The van der Waals surface area contributed by atoms with E-state index >= 15 is 0 Å². The maximum Gasteiger partial charge on any atom is 0.228 e. The molecule has 0 saturated heterocycles. The Hall–Kier alpha value is -1.66. The predicted molar refractivity (Wildman–Crippen MR) is 113 cm³/mol. The van der Waals surface area contributed by atoms with Gasteiger partial charge in [0.15, 0.2) is 0 Å². The fraction of sp³-hybridized carbons (Fsp3) is 0.591. The maximum absolute atomic E-state index is 12.9. The van der Waals surface area contributed by atoms with E-state index in [0.29, 0.717) is 12.6 Å². The number of hydrogen-bond acceptors (Lipinski definition) is 4. The van der Waals surface area contributed by atoms with E-state index in [2.05, 4.69) is 29.1 Å². The molecule has 0 unspecified atom stereocenters. The minimum Gasteiger partial charge on any atom is -0.317 e. The minimum absolute atomic E-state index is 0.213. The van der Waals surface area contributed by atoms with E-state index < -0.39 is 15.1 Å². The Morgan fingerprint density at radius 3 is 2.46 bits per heavy atom. The molecule has 2 aromatic rings. The van der Waals surface area contributed by atoms with Crippen molar-refractivity contribution in [2.24, 2.45) is 0 Å². The van der Waals surface area contributed by atoms with E-state index in [1.165, 1.54) is 37.7 Å². The van der Waals surface area contributed by atoms with Gasteiger partial charge in [0, 0.05) is 19.1 Å². The van der Waals surface area contributed by atoms with Crippen LogP contribution in [-0.2, 0) is 29.3 Å². The summed E-state index contributed by atoms with van der Waals surface area (Å²) in [7, 11) is -1.26. The summed E-state index contributed by atoms with van der Waals surface area (Å²) in [5.41, 5.74) is 2.19. The smallest absolute Gasteiger partial charge is 0.228 e. The van der Waals surface area contributed by atoms with Crippen LogP contribution in [0.5, 0.6) is 0 Å². The van der Waals surface area contributed by atoms with Gasteiger partial charge in [0.25, 0.3) is 0 Å². The summed E-state index contributed by atoms with van der Waals surface area (Å²) in [6.07, 6.45) is 8.91. The summed E-state index contributed by atoms with van der Waals surface area (Å²) in [5.74, 6) is 0. The zero-order valence-electron chi connectivity index (χ0n) is 17.3. The van der Waals surface area contributed by atoms with Gasteiger partial charge in [-0.15, -0.1) is 0 Å². The molecule has 0 spiro atoms. The summed E-state index contributed by atoms with van der Waals surface area (Å²) in [6, 6.07) is 10.8. The van der Waals surface area contributed by atoms with Gasteiger partial charge in [-0.2, -0.15) is 0 Å². The quantitative estimate of drug-likeness (QED) is 0.667. The van der Waals surface area contributed by atoms with E-state index in [9.17, 15) is 8.42 Å². The Bertz CT molecular complexity index is 853. The molecule has 5 nitrogen and oxygen atoms in total. The minimum atomic E-state index is -3.42. The van der Waals surface area contributed by atoms with Crippen molar-refractivity contribution in [3.63, 3.8) is 0 Å². The Balaban J connectivity index is 1.85. The van der Waals surface area contributed by atoms with Gasteiger partial charge in [-0.3, -0.25) is 4.90 Å². The lowest BCUT2D eigenvalue weighted by Crippen LogP contribution is -2.33. The van der Waals surface area contributed by atoms with Gasteiger partial charge < -0.3 is 4.57 Å². The Labute approximate surface area is 169 Å². The van der Waals surface area contributed by atoms with Crippen LogP contribution in [0.1, 0.15) is 57.2 Å². The van der Waals surface area contributed by atoms with Gasteiger partial charge in [-0.25, -0.2) is 13.4 Å². The van der Waals surface area contributed by atoms with Crippen molar-refractivity contribution in [1.29, 1.82) is 0 Å². The van der Waals surface area contributed by atoms with Crippen molar-refractivity contribution in [2.75, 3.05) is 7.05 Å². The summed E-state index contributed by atoms with van der Waals surface area (Å²) >= 11 is 0. The van der Waals surface area contributed by atoms with Gasteiger partial charge in [0.1, 0.15) is 0 Å². The first-order valence-electron chi connectivity index (χ1n) is 10.4. The van der Waals surface area contributed by atoms with Gasteiger partial charge >= 0.3 is 0 Å². The molecule has 28 heavy (non-hydrogen) atoms. The average molecular weight is 404 g/mol. The van der Waals surface area contributed by atoms with Crippen LogP contribution >= 0.6 is 0 Å². The molecule has 0 aliphatic heterocycles. The number of aryl methyl sites for hydroxylation is 1. The van der Waals surface area contributed by atoms with Gasteiger partial charge in [-0.1, -0.05) is 49.6 Å². The Kier molecular flexibility index (Phi) is 6.94. The number of sulfone groups is 1. The van der Waals surface area contributed by atoms with Gasteiger partial charge in [-0.05, 0) is 45.7 Å². The highest BCUT2D eigenvalue weighted by Gasteiger charge is 2.27. The van der Waals surface area contributed by atoms with Crippen LogP contribution in [0.3, 0.4) is 0 Å². The predicted octanol–water partition coefficient (Wildman–Crippen LogP) is 4.07. The van der Waals surface area contributed by atoms with Crippen LogP contribution < -0.4 is 0 Å². The van der Waals surface area contributed by atoms with Crippen LogP contribution in [0.25, 0.3) is 0 Å². The number of aromatic nitrogens is 2. The molecule has 1 saturated carbocycles. The molecule has 0 radical (unpaired) electrons. The van der Waals surface area contributed by atoms with Crippen molar-refractivity contribution in [2.45, 2.75) is 81.9 Å². The highest BCUT2D eigenvalue weighted by atomic mass is 32.2. The van der Waals surface area contributed by atoms with Crippen molar-refractivity contribution >= 4 is 9.84 Å². The van der Waals surface area contributed by atoms with Gasteiger partial charge in [0.05, 0.1) is 17.1 Å². The van der Waals surface area contributed by atoms with Crippen molar-refractivity contribution < 1.29 is 8.42 Å². The van der Waals surface area contributed by atoms with Crippen molar-refractivity contribution in [3.05, 3.63) is 47.8 Å². The fourth-order valence-corrected chi connectivity index (χ4v) is 5.12. The van der Waals surface area contributed by atoms with Crippen LogP contribution in [0, 0.1) is 0 Å². The first-order chi connectivity index (χ1) is 13.4. The topological polar surface area (TPSA) is 55.2 Å². The first-order valence-corrected chi connectivity index (χ1v) is 12.0. The molecule has 1 heterocycles. The molecule has 3 rings (SSSR count). The molecule has 1 aliphatic carbocycles. The highest BCUT2D eigenvalue weighted by molar-refractivity contribution is 7.91. The second-order valence-electron chi connectivity index (χ2n) is 8.22. The number of rotatable bonds is 8. The molecule has 1 aliphatic rings. The zero-order chi connectivity index (χ0) is 20.1. The standard InChI is InChI=1S/C22H33N3O2S/c1-18(2)28(26,27)22-23-16-21(17-24(3)20-12-8-5-9-13-20)25(22)15-14-19-10-6-4-7-11-19/h4,6-7,10-11,16,18,20H,5,8-9,12-15,17H2,1-3H3. The molecule has 0 bridgehead atoms. The second kappa shape index (κ2) is 9.23. The second-order valence-corrected chi connectivity index (χ2v) is 10.6. The van der Waals surface area contributed by atoms with Crippen LogP contribution in [0.4, 0.5) is 0 Å². The molecule has 0 N–H and O–H groups in total. The molecule has 0 atom stereocenters. The summed E-state index contributed by atoms with van der Waals surface area (Å²) in [5, 5.41) is -0.264. The molecule has 1 aromatic carbocycles. The summed E-state index contributed by atoms with van der Waals surface area (Å²) in [4.78, 5) is 6.74. The largest absolute Gasteiger partial charge is 0.317 e. The normalized spacial score (nSPS) is 16.2. The fourth-order valence-electron chi connectivity index (χ4n) is 3.99. The van der Waals surface area contributed by atoms with E-state index in [1.807, 2.05) is 22.8 Å².